The van der Waals surface area contributed by atoms with Gasteiger partial charge in [-0.1, -0.05) is 23.2 Å². The van der Waals surface area contributed by atoms with Gasteiger partial charge in [0.2, 0.25) is 0 Å². The first kappa shape index (κ1) is 15.8. The summed E-state index contributed by atoms with van der Waals surface area (Å²) in [5.74, 6) is -2.12. The molecule has 0 aliphatic carbocycles. The summed E-state index contributed by atoms with van der Waals surface area (Å²) in [6.07, 6.45) is 1.06. The van der Waals surface area contributed by atoms with E-state index in [4.69, 9.17) is 33.6 Å². The van der Waals surface area contributed by atoms with Crippen LogP contribution in [0.1, 0.15) is 10.4 Å². The Morgan fingerprint density at radius 2 is 2.10 bits per heavy atom. The Hall–Kier alpha value is -2.23. The molecule has 0 amide bonds. The van der Waals surface area contributed by atoms with Crippen LogP contribution in [0.4, 0.5) is 5.69 Å². The van der Waals surface area contributed by atoms with Crippen LogP contribution in [-0.2, 0) is 9.53 Å². The number of benzene rings is 1. The molecular formula is C12H8Cl2N2O4. The summed E-state index contributed by atoms with van der Waals surface area (Å²) in [4.78, 5) is 22.2. The van der Waals surface area contributed by atoms with Gasteiger partial charge < -0.3 is 15.2 Å². The normalized spacial score (nSPS) is 10.6. The molecular weight excluding hydrogens is 307 g/mol. The van der Waals surface area contributed by atoms with Crippen LogP contribution in [0.3, 0.4) is 0 Å². The van der Waals surface area contributed by atoms with Crippen molar-refractivity contribution >= 4 is 40.8 Å². The van der Waals surface area contributed by atoms with Crippen molar-refractivity contribution in [2.45, 2.75) is 0 Å². The van der Waals surface area contributed by atoms with Crippen LogP contribution >= 0.6 is 23.2 Å². The number of carboxylic acid groups (broad SMARTS) is 1. The maximum absolute atomic E-state index is 11.2. The summed E-state index contributed by atoms with van der Waals surface area (Å²) in [5, 5.41) is 20.1. The van der Waals surface area contributed by atoms with Crippen molar-refractivity contribution in [1.82, 2.24) is 0 Å². The van der Waals surface area contributed by atoms with E-state index in [1.54, 1.807) is 6.07 Å². The number of methoxy groups -OCH3 is 1. The fourth-order valence-electron chi connectivity index (χ4n) is 1.26. The van der Waals surface area contributed by atoms with E-state index in [0.717, 1.165) is 13.3 Å². The van der Waals surface area contributed by atoms with Crippen molar-refractivity contribution < 1.29 is 19.4 Å². The van der Waals surface area contributed by atoms with Gasteiger partial charge in [-0.05, 0) is 12.1 Å². The minimum Gasteiger partial charge on any atom is -0.478 e. The molecule has 6 nitrogen and oxygen atoms in total. The number of carbonyl (C=O) groups is 2. The summed E-state index contributed by atoms with van der Waals surface area (Å²) in [5.41, 5.74) is -0.385. The first-order valence-electron chi connectivity index (χ1n) is 5.08. The third kappa shape index (κ3) is 3.41. The van der Waals surface area contributed by atoms with Crippen LogP contribution < -0.4 is 5.32 Å². The number of nitriles is 1. The molecule has 0 atom stereocenters. The van der Waals surface area contributed by atoms with Gasteiger partial charge in [0.1, 0.15) is 6.07 Å². The van der Waals surface area contributed by atoms with Gasteiger partial charge in [0.15, 0.2) is 5.57 Å². The number of halogens is 2. The lowest BCUT2D eigenvalue weighted by Crippen LogP contribution is -2.06. The van der Waals surface area contributed by atoms with Crippen molar-refractivity contribution in [2.24, 2.45) is 0 Å². The lowest BCUT2D eigenvalue weighted by Gasteiger charge is -2.08. The zero-order valence-electron chi connectivity index (χ0n) is 10.1. The van der Waals surface area contributed by atoms with E-state index >= 15 is 0 Å². The van der Waals surface area contributed by atoms with Crippen molar-refractivity contribution in [3.05, 3.63) is 39.5 Å². The molecule has 1 aromatic carbocycles. The zero-order valence-corrected chi connectivity index (χ0v) is 11.6. The van der Waals surface area contributed by atoms with E-state index in [1.807, 2.05) is 0 Å². The summed E-state index contributed by atoms with van der Waals surface area (Å²) in [7, 11) is 1.13. The molecule has 2 N–H and O–H groups in total. The van der Waals surface area contributed by atoms with Gasteiger partial charge in [-0.2, -0.15) is 5.26 Å². The van der Waals surface area contributed by atoms with Crippen LogP contribution in [0.15, 0.2) is 23.9 Å². The predicted octanol–water partition coefficient (Wildman–Crippen LogP) is 2.68. The summed E-state index contributed by atoms with van der Waals surface area (Å²) in [6, 6.07) is 4.38. The van der Waals surface area contributed by atoms with E-state index < -0.39 is 11.9 Å². The average molecular weight is 315 g/mol. The molecule has 20 heavy (non-hydrogen) atoms. The van der Waals surface area contributed by atoms with Gasteiger partial charge in [-0.3, -0.25) is 0 Å². The van der Waals surface area contributed by atoms with Crippen molar-refractivity contribution in [1.29, 1.82) is 5.26 Å². The Kier molecular flexibility index (Phi) is 5.38. The third-order valence-corrected chi connectivity index (χ3v) is 2.91. The molecule has 104 valence electrons. The number of hydrogen-bond acceptors (Lipinski definition) is 5. The Balaban J connectivity index is 3.15. The number of rotatable bonds is 4. The number of hydrogen-bond donors (Lipinski definition) is 2. The smallest absolute Gasteiger partial charge is 0.350 e. The standard InChI is InChI=1S/C12H8Cl2N2O4/c1-20-12(19)6(4-15)5-16-8-3-2-7(13)9(10(8)14)11(17)18/h2-3,5,16H,1H3,(H,17,18). The summed E-state index contributed by atoms with van der Waals surface area (Å²) in [6.45, 7) is 0. The molecule has 0 saturated carbocycles. The van der Waals surface area contributed by atoms with Crippen molar-refractivity contribution in [2.75, 3.05) is 12.4 Å². The monoisotopic (exact) mass is 314 g/mol. The molecule has 1 rings (SSSR count). The fourth-order valence-corrected chi connectivity index (χ4v) is 1.84. The largest absolute Gasteiger partial charge is 0.478 e. The highest BCUT2D eigenvalue weighted by Gasteiger charge is 2.17. The number of carbonyl (C=O) groups excluding carboxylic acids is 1. The van der Waals surface area contributed by atoms with Crippen LogP contribution in [0, 0.1) is 11.3 Å². The zero-order chi connectivity index (χ0) is 15.3. The molecule has 1 aromatic rings. The molecule has 0 aliphatic rings. The van der Waals surface area contributed by atoms with E-state index in [2.05, 4.69) is 10.1 Å². The topological polar surface area (TPSA) is 99.4 Å². The summed E-state index contributed by atoms with van der Waals surface area (Å²) >= 11 is 11.6. The highest BCUT2D eigenvalue weighted by atomic mass is 35.5. The molecule has 8 heteroatoms. The third-order valence-electron chi connectivity index (χ3n) is 2.20. The lowest BCUT2D eigenvalue weighted by molar-refractivity contribution is -0.135. The minimum atomic E-state index is -1.29. The number of anilines is 1. The lowest BCUT2D eigenvalue weighted by atomic mass is 10.2. The molecule has 0 radical (unpaired) electrons. The van der Waals surface area contributed by atoms with E-state index in [-0.39, 0.29) is 26.9 Å². The van der Waals surface area contributed by atoms with Crippen molar-refractivity contribution in [3.63, 3.8) is 0 Å². The van der Waals surface area contributed by atoms with Crippen LogP contribution in [0.2, 0.25) is 10.0 Å². The predicted molar refractivity (Wildman–Crippen MR) is 72.8 cm³/mol. The second kappa shape index (κ2) is 6.80. The molecule has 0 aliphatic heterocycles. The van der Waals surface area contributed by atoms with E-state index in [0.29, 0.717) is 0 Å². The number of nitrogens with zero attached hydrogens (tertiary/aromatic N) is 1. The highest BCUT2D eigenvalue weighted by molar-refractivity contribution is 6.41. The molecule has 0 bridgehead atoms. The Morgan fingerprint density at radius 1 is 1.45 bits per heavy atom. The average Bonchev–Trinajstić information content (AvgIpc) is 2.40. The maximum Gasteiger partial charge on any atom is 0.350 e. The van der Waals surface area contributed by atoms with Gasteiger partial charge in [0.05, 0.1) is 28.4 Å². The molecule has 0 fully saturated rings. The SMILES string of the molecule is COC(=O)C(C#N)=CNc1ccc(Cl)c(C(=O)O)c1Cl. The van der Waals surface area contributed by atoms with E-state index in [1.165, 1.54) is 12.1 Å². The molecule has 0 saturated heterocycles. The first-order valence-corrected chi connectivity index (χ1v) is 5.84. The van der Waals surface area contributed by atoms with E-state index in [9.17, 15) is 9.59 Å². The number of carboxylic acids is 1. The Morgan fingerprint density at radius 3 is 2.60 bits per heavy atom. The highest BCUT2D eigenvalue weighted by Crippen LogP contribution is 2.31. The number of ether oxygens (including phenoxy) is 1. The van der Waals surface area contributed by atoms with Crippen LogP contribution in [0.5, 0.6) is 0 Å². The Labute approximate surface area is 124 Å². The quantitative estimate of drug-likeness (QED) is 0.503. The maximum atomic E-state index is 11.2. The van der Waals surface area contributed by atoms with Gasteiger partial charge >= 0.3 is 11.9 Å². The van der Waals surface area contributed by atoms with Gasteiger partial charge in [-0.15, -0.1) is 0 Å². The first-order chi connectivity index (χ1) is 9.42. The van der Waals surface area contributed by atoms with Crippen molar-refractivity contribution in [3.8, 4) is 6.07 Å². The van der Waals surface area contributed by atoms with Gasteiger partial charge in [0, 0.05) is 6.20 Å². The number of nitrogens with one attached hydrogen (secondary N) is 1. The van der Waals surface area contributed by atoms with Gasteiger partial charge in [-0.25, -0.2) is 9.59 Å². The molecule has 0 unspecified atom stereocenters. The second-order valence-electron chi connectivity index (χ2n) is 3.39. The number of aromatic carboxylic acids is 1. The van der Waals surface area contributed by atoms with Gasteiger partial charge in [0.25, 0.3) is 0 Å². The minimum absolute atomic E-state index is 0.0227. The fraction of sp³-hybridized carbons (Fsp3) is 0.0833. The molecule has 0 aromatic heterocycles. The second-order valence-corrected chi connectivity index (χ2v) is 4.18. The van der Waals surface area contributed by atoms with Crippen LogP contribution in [-0.4, -0.2) is 24.2 Å². The number of esters is 1. The summed E-state index contributed by atoms with van der Waals surface area (Å²) < 4.78 is 4.39. The molecule has 0 heterocycles. The Bertz CT molecular complexity index is 635. The van der Waals surface area contributed by atoms with Crippen LogP contribution in [0.25, 0.3) is 0 Å². The molecule has 0 spiro atoms.